The molecule has 4 aliphatic rings. The van der Waals surface area contributed by atoms with Crippen molar-refractivity contribution in [2.75, 3.05) is 4.81 Å². The first kappa shape index (κ1) is 39.8. The minimum Gasteiger partial charge on any atom is -0.376 e. The third-order valence-electron chi connectivity index (χ3n) is 17.4. The fourth-order valence-corrected chi connectivity index (χ4v) is 16.1. The van der Waals surface area contributed by atoms with Crippen molar-refractivity contribution in [3.8, 4) is 27.9 Å². The lowest BCUT2D eigenvalue weighted by atomic mass is 9.43. The van der Waals surface area contributed by atoms with Crippen molar-refractivity contribution in [1.29, 1.82) is 0 Å². The summed E-state index contributed by atoms with van der Waals surface area (Å²) in [6.45, 7) is 21.7. The van der Waals surface area contributed by atoms with Gasteiger partial charge in [0, 0.05) is 84.7 Å². The molecule has 0 saturated carbocycles. The van der Waals surface area contributed by atoms with Crippen molar-refractivity contribution in [3.05, 3.63) is 161 Å². The van der Waals surface area contributed by atoms with E-state index in [1.54, 1.807) is 0 Å². The Hall–Kier alpha value is -6.14. The zero-order valence-corrected chi connectivity index (χ0v) is 42.0. The minimum atomic E-state index is -0.149. The molecule has 0 saturated heterocycles. The van der Waals surface area contributed by atoms with Crippen molar-refractivity contribution in [1.82, 2.24) is 4.57 Å². The summed E-state index contributed by atoms with van der Waals surface area (Å²) in [6, 6.07) is 52.9. The van der Waals surface area contributed by atoms with Crippen molar-refractivity contribution >= 4 is 114 Å². The van der Waals surface area contributed by atoms with Crippen LogP contribution in [0.2, 0.25) is 0 Å². The number of anilines is 2. The Morgan fingerprint density at radius 2 is 1.21 bits per heavy atom. The van der Waals surface area contributed by atoms with Crippen LogP contribution in [0.4, 0.5) is 11.4 Å². The van der Waals surface area contributed by atoms with E-state index in [-0.39, 0.29) is 28.5 Å². The van der Waals surface area contributed by atoms with Crippen molar-refractivity contribution in [2.24, 2.45) is 0 Å². The van der Waals surface area contributed by atoms with Crippen LogP contribution in [0.25, 0.3) is 90.1 Å². The van der Waals surface area contributed by atoms with E-state index in [1.165, 1.54) is 153 Å². The normalized spacial score (nSPS) is 17.1. The average Bonchev–Trinajstić information content (AvgIpc) is 4.05. The van der Waals surface area contributed by atoms with E-state index in [9.17, 15) is 0 Å². The predicted molar refractivity (Wildman–Crippen MR) is 297 cm³/mol. The van der Waals surface area contributed by atoms with Gasteiger partial charge in [0.2, 0.25) is 0 Å². The number of hydrogen-bond acceptors (Lipinski definition) is 3. The molecule has 0 unspecified atom stereocenters. The molecule has 0 N–H and O–H groups in total. The van der Waals surface area contributed by atoms with Gasteiger partial charge in [0.05, 0.1) is 11.0 Å². The Balaban J connectivity index is 1.20. The Bertz CT molecular complexity index is 4110. The van der Waals surface area contributed by atoms with Crippen LogP contribution in [0.3, 0.4) is 0 Å². The number of rotatable bonds is 1. The van der Waals surface area contributed by atoms with Crippen molar-refractivity contribution < 1.29 is 0 Å². The van der Waals surface area contributed by atoms with E-state index < -0.39 is 0 Å². The highest BCUT2D eigenvalue weighted by molar-refractivity contribution is 7.27. The molecule has 0 spiro atoms. The van der Waals surface area contributed by atoms with Gasteiger partial charge in [-0.25, -0.2) is 0 Å². The molecule has 0 radical (unpaired) electrons. The molecule has 0 fully saturated rings. The molecular formula is C63H53BN2S2. The summed E-state index contributed by atoms with van der Waals surface area (Å²) in [5.74, 6) is 0. The van der Waals surface area contributed by atoms with Crippen LogP contribution >= 0.6 is 22.7 Å². The third kappa shape index (κ3) is 4.89. The fourth-order valence-electron chi connectivity index (χ4n) is 13.6. The van der Waals surface area contributed by atoms with Crippen LogP contribution in [0.1, 0.15) is 103 Å². The topological polar surface area (TPSA) is 8.17 Å². The summed E-state index contributed by atoms with van der Waals surface area (Å²) >= 11 is 3.95. The number of benzene rings is 8. The highest BCUT2D eigenvalue weighted by Gasteiger charge is 2.48. The van der Waals surface area contributed by atoms with E-state index in [0.29, 0.717) is 0 Å². The van der Waals surface area contributed by atoms with Gasteiger partial charge in [0.15, 0.2) is 0 Å². The minimum absolute atomic E-state index is 0.0340. The number of hydrogen-bond donors (Lipinski definition) is 0. The standard InChI is InChI=1S/C63H53BN2S2/c1-60(2,3)34-22-24-35(25-23-34)66-49-31-39-36-16-10-13-19-43(36)63(8,9)44(39)28-42(49)56-57-58-54(55-38-18-12-15-21-52(38)68-59(55)56)41-29-45-46(62(6,7)27-26-61(45,4)5)32-48(41)65(58)50-33-53-40(30-47(50)64(57)66)37-17-11-14-20-51(37)67-53/h10-25,28-33H,26-27H2,1-9H3. The third-order valence-corrected chi connectivity index (χ3v) is 19.7. The molecule has 8 aromatic carbocycles. The molecule has 2 nitrogen and oxygen atoms in total. The van der Waals surface area contributed by atoms with Crippen LogP contribution < -0.4 is 15.7 Å². The average molecular weight is 913 g/mol. The lowest BCUT2D eigenvalue weighted by molar-refractivity contribution is 0.332. The molecule has 0 amide bonds. The zero-order chi connectivity index (χ0) is 46.1. The first-order valence-corrected chi connectivity index (χ1v) is 26.4. The van der Waals surface area contributed by atoms with E-state index >= 15 is 0 Å². The molecule has 2 aliphatic heterocycles. The van der Waals surface area contributed by atoms with Gasteiger partial charge in [-0.1, -0.05) is 141 Å². The van der Waals surface area contributed by atoms with Gasteiger partial charge >= 0.3 is 6.85 Å². The maximum absolute atomic E-state index is 2.77. The molecule has 3 aromatic heterocycles. The summed E-state index contributed by atoms with van der Waals surface area (Å²) in [6.07, 6.45) is 2.36. The van der Waals surface area contributed by atoms with Crippen LogP contribution in [0.15, 0.2) is 133 Å². The molecule has 15 rings (SSSR count). The second kappa shape index (κ2) is 12.7. The van der Waals surface area contributed by atoms with Gasteiger partial charge in [-0.2, -0.15) is 0 Å². The van der Waals surface area contributed by atoms with Crippen LogP contribution in [-0.2, 0) is 21.7 Å². The molecule has 0 bridgehead atoms. The van der Waals surface area contributed by atoms with Gasteiger partial charge < -0.3 is 9.38 Å². The maximum atomic E-state index is 2.77. The first-order valence-electron chi connectivity index (χ1n) is 24.7. The lowest BCUT2D eigenvalue weighted by Crippen LogP contribution is -2.60. The zero-order valence-electron chi connectivity index (χ0n) is 40.4. The van der Waals surface area contributed by atoms with E-state index in [4.69, 9.17) is 0 Å². The Morgan fingerprint density at radius 3 is 1.96 bits per heavy atom. The van der Waals surface area contributed by atoms with Gasteiger partial charge in [-0.3, -0.25) is 0 Å². The van der Waals surface area contributed by atoms with E-state index in [2.05, 4.69) is 205 Å². The van der Waals surface area contributed by atoms with Crippen LogP contribution in [0, 0.1) is 0 Å². The molecule has 68 heavy (non-hydrogen) atoms. The molecular weight excluding hydrogens is 860 g/mol. The molecule has 5 heteroatoms. The molecule has 2 aliphatic carbocycles. The summed E-state index contributed by atoms with van der Waals surface area (Å²) in [5, 5.41) is 8.28. The highest BCUT2D eigenvalue weighted by Crippen LogP contribution is 2.58. The van der Waals surface area contributed by atoms with Gasteiger partial charge in [-0.05, 0) is 134 Å². The van der Waals surface area contributed by atoms with Gasteiger partial charge in [0.1, 0.15) is 0 Å². The van der Waals surface area contributed by atoms with E-state index in [1.807, 2.05) is 22.7 Å². The largest absolute Gasteiger partial charge is 0.376 e. The SMILES string of the molecule is CC(C)(C)c1ccc(N2B3c4cc5c(cc4-n4c6cc7c(cc6c6c8c(sc9ccccc98)c(c3c64)-c3cc4c(cc32)-c2ccccc2C4(C)C)C(C)(C)CCC7(C)C)sc2ccccc25)cc1. The Labute approximate surface area is 407 Å². The molecule has 0 atom stereocenters. The van der Waals surface area contributed by atoms with Crippen LogP contribution in [-0.4, -0.2) is 11.4 Å². The first-order chi connectivity index (χ1) is 32.6. The van der Waals surface area contributed by atoms with Crippen molar-refractivity contribution in [3.63, 3.8) is 0 Å². The molecule has 5 heterocycles. The van der Waals surface area contributed by atoms with Crippen molar-refractivity contribution in [2.45, 2.75) is 96.8 Å². The lowest BCUT2D eigenvalue weighted by Gasteiger charge is -2.43. The Kier molecular flexibility index (Phi) is 7.46. The summed E-state index contributed by atoms with van der Waals surface area (Å²) in [5.41, 5.74) is 22.1. The maximum Gasteiger partial charge on any atom is 0.333 e. The summed E-state index contributed by atoms with van der Waals surface area (Å²) in [7, 11) is 0. The van der Waals surface area contributed by atoms with Gasteiger partial charge in [0.25, 0.3) is 0 Å². The fraction of sp³-hybridized carbons (Fsp3) is 0.238. The Morgan fingerprint density at radius 1 is 0.529 bits per heavy atom. The van der Waals surface area contributed by atoms with E-state index in [0.717, 1.165) is 0 Å². The number of thiophene rings is 2. The quantitative estimate of drug-likeness (QED) is 0.149. The van der Waals surface area contributed by atoms with Crippen LogP contribution in [0.5, 0.6) is 0 Å². The summed E-state index contributed by atoms with van der Waals surface area (Å²) < 4.78 is 8.23. The molecule has 11 aromatic rings. The smallest absolute Gasteiger partial charge is 0.333 e. The molecule has 330 valence electrons. The summed E-state index contributed by atoms with van der Waals surface area (Å²) in [4.78, 5) is 2.77. The predicted octanol–water partition coefficient (Wildman–Crippen LogP) is 16.7. The number of nitrogens with zero attached hydrogens (tertiary/aromatic N) is 2. The monoisotopic (exact) mass is 912 g/mol. The van der Waals surface area contributed by atoms with Gasteiger partial charge in [-0.15, -0.1) is 22.7 Å². The number of aromatic nitrogens is 1. The number of fused-ring (bicyclic) bond motifs is 20. The second-order valence-corrected chi connectivity index (χ2v) is 25.6. The highest BCUT2D eigenvalue weighted by atomic mass is 32.1. The second-order valence-electron chi connectivity index (χ2n) is 23.5.